The van der Waals surface area contributed by atoms with Gasteiger partial charge >= 0.3 is 0 Å². The number of imide groups is 1. The zero-order chi connectivity index (χ0) is 19.6. The molecule has 3 aliphatic rings. The molecule has 3 heterocycles. The van der Waals surface area contributed by atoms with Crippen molar-refractivity contribution in [3.05, 3.63) is 71.4 Å². The number of rotatable bonds is 2. The lowest BCUT2D eigenvalue weighted by Gasteiger charge is -2.30. The van der Waals surface area contributed by atoms with Gasteiger partial charge in [-0.1, -0.05) is 42.0 Å². The minimum atomic E-state index is -0.623. The number of nitrogens with one attached hydrogen (secondary N) is 1. The Bertz CT molecular complexity index is 1040. The van der Waals surface area contributed by atoms with Crippen LogP contribution in [0.2, 0.25) is 0 Å². The summed E-state index contributed by atoms with van der Waals surface area (Å²) in [6.07, 6.45) is 3.94. The number of Topliss-reactive ketones (excluding diaryl/α,β-unsaturated/α-hetero) is 1. The van der Waals surface area contributed by atoms with Crippen molar-refractivity contribution in [2.45, 2.75) is 25.9 Å². The van der Waals surface area contributed by atoms with Crippen molar-refractivity contribution in [3.63, 3.8) is 0 Å². The van der Waals surface area contributed by atoms with E-state index in [0.717, 1.165) is 21.6 Å². The molecule has 2 amide bonds. The molecule has 5 nitrogen and oxygen atoms in total. The molecular weight excluding hydrogens is 352 g/mol. The normalized spacial score (nSPS) is 30.2. The molecule has 0 aromatic heterocycles. The first-order chi connectivity index (χ1) is 13.5. The van der Waals surface area contributed by atoms with E-state index in [0.29, 0.717) is 5.69 Å². The van der Waals surface area contributed by atoms with Crippen LogP contribution in [0.25, 0.3) is 6.08 Å². The second-order valence-corrected chi connectivity index (χ2v) is 7.93. The molecule has 0 bridgehead atoms. The van der Waals surface area contributed by atoms with Crippen LogP contribution in [0.4, 0.5) is 5.69 Å². The fraction of sp³-hybridized carbons (Fsp3) is 0.261. The molecule has 0 saturated carbocycles. The number of ketones is 1. The Hall–Kier alpha value is -3.05. The predicted octanol–water partition coefficient (Wildman–Crippen LogP) is 1.68. The second-order valence-electron chi connectivity index (χ2n) is 7.93. The molecule has 2 saturated heterocycles. The van der Waals surface area contributed by atoms with Gasteiger partial charge in [0.15, 0.2) is 11.8 Å². The first kappa shape index (κ1) is 17.1. The Labute approximate surface area is 163 Å². The van der Waals surface area contributed by atoms with Gasteiger partial charge in [0.1, 0.15) is 17.9 Å². The van der Waals surface area contributed by atoms with Crippen molar-refractivity contribution in [1.82, 2.24) is 0 Å². The Balaban J connectivity index is 1.65. The summed E-state index contributed by atoms with van der Waals surface area (Å²) in [6.45, 7) is 3.49. The molecule has 140 valence electrons. The van der Waals surface area contributed by atoms with Gasteiger partial charge in [0.05, 0.1) is 11.9 Å². The van der Waals surface area contributed by atoms with Crippen molar-refractivity contribution in [1.29, 1.82) is 0 Å². The van der Waals surface area contributed by atoms with Crippen LogP contribution in [0, 0.1) is 18.8 Å². The van der Waals surface area contributed by atoms with Crippen LogP contribution < -0.4 is 9.80 Å². The van der Waals surface area contributed by atoms with Crippen molar-refractivity contribution < 1.29 is 19.3 Å². The Morgan fingerprint density at radius 2 is 1.64 bits per heavy atom. The monoisotopic (exact) mass is 373 g/mol. The Kier molecular flexibility index (Phi) is 3.64. The number of quaternary nitrogens is 1. The fourth-order valence-electron chi connectivity index (χ4n) is 5.17. The van der Waals surface area contributed by atoms with E-state index in [2.05, 4.69) is 0 Å². The van der Waals surface area contributed by atoms with E-state index >= 15 is 0 Å². The molecule has 2 aromatic carbocycles. The van der Waals surface area contributed by atoms with Crippen molar-refractivity contribution in [2.24, 2.45) is 11.8 Å². The minimum absolute atomic E-state index is 0.0524. The minimum Gasteiger partial charge on any atom is -0.293 e. The van der Waals surface area contributed by atoms with E-state index < -0.39 is 17.9 Å². The molecule has 1 N–H and O–H groups in total. The maximum Gasteiger partial charge on any atom is 0.244 e. The van der Waals surface area contributed by atoms with Crippen LogP contribution in [0.5, 0.6) is 0 Å². The number of hydrogen-bond donors (Lipinski definition) is 1. The second kappa shape index (κ2) is 5.97. The summed E-state index contributed by atoms with van der Waals surface area (Å²) >= 11 is 0. The first-order valence-corrected chi connectivity index (χ1v) is 9.57. The van der Waals surface area contributed by atoms with Gasteiger partial charge in [-0.05, 0) is 30.7 Å². The summed E-state index contributed by atoms with van der Waals surface area (Å²) in [4.78, 5) is 41.6. The Morgan fingerprint density at radius 3 is 2.36 bits per heavy atom. The number of nitrogens with zero attached hydrogens (tertiary/aromatic N) is 1. The molecule has 3 aliphatic heterocycles. The van der Waals surface area contributed by atoms with E-state index in [1.165, 1.54) is 11.8 Å². The molecular formula is C23H21N2O3+. The molecule has 1 unspecified atom stereocenters. The smallest absolute Gasteiger partial charge is 0.244 e. The lowest BCUT2D eigenvalue weighted by molar-refractivity contribution is -0.884. The average Bonchev–Trinajstić information content (AvgIpc) is 3.16. The lowest BCUT2D eigenvalue weighted by Crippen LogP contribution is -3.12. The third kappa shape index (κ3) is 2.20. The quantitative estimate of drug-likeness (QED) is 0.815. The third-order valence-electron chi connectivity index (χ3n) is 6.35. The van der Waals surface area contributed by atoms with E-state index in [4.69, 9.17) is 0 Å². The molecule has 5 heteroatoms. The van der Waals surface area contributed by atoms with Crippen LogP contribution >= 0.6 is 0 Å². The molecule has 5 rings (SSSR count). The first-order valence-electron chi connectivity index (χ1n) is 9.57. The SMILES string of the molecule is CC(=O)[C@@H]1[C@@H]2C(=O)N(c3ccc(C)cc3)C(=O)[C@@H]2[C@H]2c3ccccc3C=C[NH+]12. The van der Waals surface area contributed by atoms with Crippen LogP contribution in [0.3, 0.4) is 0 Å². The number of aryl methyl sites for hydroxylation is 1. The van der Waals surface area contributed by atoms with E-state index in [9.17, 15) is 14.4 Å². The number of benzene rings is 2. The molecule has 28 heavy (non-hydrogen) atoms. The van der Waals surface area contributed by atoms with Gasteiger partial charge in [-0.25, -0.2) is 4.90 Å². The van der Waals surface area contributed by atoms with Crippen molar-refractivity contribution >= 4 is 29.4 Å². The predicted molar refractivity (Wildman–Crippen MR) is 104 cm³/mol. The number of carbonyl (C=O) groups is 3. The summed E-state index contributed by atoms with van der Waals surface area (Å²) in [7, 11) is 0. The van der Waals surface area contributed by atoms with E-state index in [-0.39, 0.29) is 23.6 Å². The van der Waals surface area contributed by atoms with E-state index in [1.807, 2.05) is 55.6 Å². The summed E-state index contributed by atoms with van der Waals surface area (Å²) < 4.78 is 0. The maximum atomic E-state index is 13.5. The number of fused-ring (bicyclic) bond motifs is 5. The van der Waals surface area contributed by atoms with Crippen molar-refractivity contribution in [2.75, 3.05) is 4.90 Å². The summed E-state index contributed by atoms with van der Waals surface area (Å²) in [5.41, 5.74) is 3.73. The van der Waals surface area contributed by atoms with Crippen LogP contribution in [0.15, 0.2) is 54.7 Å². The Morgan fingerprint density at radius 1 is 0.964 bits per heavy atom. The van der Waals surface area contributed by atoms with Crippen LogP contribution in [-0.4, -0.2) is 23.6 Å². The van der Waals surface area contributed by atoms with Gasteiger partial charge in [-0.2, -0.15) is 0 Å². The zero-order valence-corrected chi connectivity index (χ0v) is 15.8. The number of hydrogen-bond acceptors (Lipinski definition) is 3. The molecule has 5 atom stereocenters. The average molecular weight is 373 g/mol. The van der Waals surface area contributed by atoms with Crippen LogP contribution in [0.1, 0.15) is 29.7 Å². The summed E-state index contributed by atoms with van der Waals surface area (Å²) in [6, 6.07) is 14.6. The van der Waals surface area contributed by atoms with Gasteiger partial charge in [-0.3, -0.25) is 19.3 Å². The number of carbonyl (C=O) groups excluding carboxylic acids is 3. The van der Waals surface area contributed by atoms with Crippen molar-refractivity contribution in [3.8, 4) is 0 Å². The molecule has 0 radical (unpaired) electrons. The highest BCUT2D eigenvalue weighted by atomic mass is 16.2. The lowest BCUT2D eigenvalue weighted by atomic mass is 9.84. The van der Waals surface area contributed by atoms with E-state index in [1.54, 1.807) is 12.1 Å². The molecule has 0 aliphatic carbocycles. The molecule has 2 aromatic rings. The molecule has 2 fully saturated rings. The zero-order valence-electron chi connectivity index (χ0n) is 15.8. The van der Waals surface area contributed by atoms with Gasteiger partial charge in [0.2, 0.25) is 11.8 Å². The number of anilines is 1. The summed E-state index contributed by atoms with van der Waals surface area (Å²) in [5.74, 6) is -1.66. The largest absolute Gasteiger partial charge is 0.293 e. The van der Waals surface area contributed by atoms with Crippen LogP contribution in [-0.2, 0) is 14.4 Å². The topological polar surface area (TPSA) is 58.9 Å². The summed E-state index contributed by atoms with van der Waals surface area (Å²) in [5, 5.41) is 0. The number of amides is 2. The standard InChI is InChI=1S/C23H20N2O3/c1-13-7-9-16(10-8-13)25-22(27)18-19(23(25)28)21-17-6-4-3-5-15(17)11-12-24(21)20(18)14(2)26/h3-12,18-21H,1-2H3/p+1/t18-,19+,20-,21-/m1/s1. The maximum absolute atomic E-state index is 13.5. The van der Waals surface area contributed by atoms with Gasteiger partial charge in [-0.15, -0.1) is 0 Å². The molecule has 0 spiro atoms. The van der Waals surface area contributed by atoms with Gasteiger partial charge in [0.25, 0.3) is 0 Å². The highest BCUT2D eigenvalue weighted by Crippen LogP contribution is 2.44. The van der Waals surface area contributed by atoms with Gasteiger partial charge in [0, 0.05) is 12.5 Å². The van der Waals surface area contributed by atoms with Gasteiger partial charge < -0.3 is 0 Å². The highest BCUT2D eigenvalue weighted by molar-refractivity contribution is 6.23. The highest BCUT2D eigenvalue weighted by Gasteiger charge is 2.67. The fourth-order valence-corrected chi connectivity index (χ4v) is 5.17. The third-order valence-corrected chi connectivity index (χ3v) is 6.35.